The van der Waals surface area contributed by atoms with E-state index >= 15 is 0 Å². The number of ether oxygens (including phenoxy) is 2. The lowest BCUT2D eigenvalue weighted by atomic mass is 9.99. The predicted molar refractivity (Wildman–Crippen MR) is 189 cm³/mol. The molecule has 7 heteroatoms. The number of hydrogen-bond acceptors (Lipinski definition) is 4. The fraction of sp³-hybridized carbons (Fsp3) is 0.200. The van der Waals surface area contributed by atoms with E-state index in [1.54, 1.807) is 12.1 Å². The van der Waals surface area contributed by atoms with Gasteiger partial charge in [0.25, 0.3) is 5.91 Å². The van der Waals surface area contributed by atoms with Crippen molar-refractivity contribution in [2.24, 2.45) is 0 Å². The number of carbonyl (C=O) groups is 2. The zero-order valence-corrected chi connectivity index (χ0v) is 27.7. The summed E-state index contributed by atoms with van der Waals surface area (Å²) < 4.78 is 12.8. The number of para-hydroxylation sites is 2. The van der Waals surface area contributed by atoms with Gasteiger partial charge >= 0.3 is 5.97 Å². The average molecular weight is 693 g/mol. The number of hydrogen-bond donors (Lipinski definition) is 2. The Hall–Kier alpha value is -4.88. The van der Waals surface area contributed by atoms with Crippen LogP contribution in [0.3, 0.4) is 0 Å². The van der Waals surface area contributed by atoms with Crippen molar-refractivity contribution in [1.29, 1.82) is 0 Å². The second-order valence-electron chi connectivity index (χ2n) is 11.3. The minimum atomic E-state index is -1.13. The molecular weight excluding hydrogens is 654 g/mol. The Balaban J connectivity index is 1.17. The Morgan fingerprint density at radius 2 is 1.38 bits per heavy atom. The highest BCUT2D eigenvalue weighted by Gasteiger charge is 2.23. The molecule has 0 radical (unpaired) electrons. The molecule has 5 aromatic carbocycles. The van der Waals surface area contributed by atoms with E-state index in [4.69, 9.17) is 9.47 Å². The molecule has 1 unspecified atom stereocenters. The van der Waals surface area contributed by atoms with Crippen molar-refractivity contribution in [1.82, 2.24) is 5.32 Å². The average Bonchev–Trinajstić information content (AvgIpc) is 3.09. The number of rotatable bonds is 16. The van der Waals surface area contributed by atoms with Crippen molar-refractivity contribution in [3.8, 4) is 28.4 Å². The van der Waals surface area contributed by atoms with Crippen molar-refractivity contribution in [2.75, 3.05) is 6.61 Å². The Labute approximate surface area is 284 Å². The van der Waals surface area contributed by atoms with E-state index in [1.165, 1.54) is 5.56 Å². The van der Waals surface area contributed by atoms with Gasteiger partial charge in [-0.15, -0.1) is 0 Å². The summed E-state index contributed by atoms with van der Waals surface area (Å²) in [4.78, 5) is 25.6. The maximum atomic E-state index is 13.4. The molecule has 5 aromatic rings. The lowest BCUT2D eigenvalue weighted by Crippen LogP contribution is -2.42. The number of carboxylic acid groups (broad SMARTS) is 1. The lowest BCUT2D eigenvalue weighted by molar-refractivity contribution is -0.139. The summed E-state index contributed by atoms with van der Waals surface area (Å²) in [6.45, 7) is 0.474. The number of carboxylic acids is 1. The minimum Gasteiger partial charge on any atom is -0.493 e. The predicted octanol–water partition coefficient (Wildman–Crippen LogP) is 9.52. The van der Waals surface area contributed by atoms with Gasteiger partial charge in [0.05, 0.1) is 12.2 Å². The molecule has 0 heterocycles. The summed E-state index contributed by atoms with van der Waals surface area (Å²) in [5, 5.41) is 12.7. The highest BCUT2D eigenvalue weighted by Crippen LogP contribution is 2.33. The molecule has 47 heavy (non-hydrogen) atoms. The number of aliphatic carboxylic acids is 1. The van der Waals surface area contributed by atoms with Crippen LogP contribution in [-0.2, 0) is 17.6 Å². The van der Waals surface area contributed by atoms with Gasteiger partial charge in [-0.05, 0) is 72.4 Å². The first-order chi connectivity index (χ1) is 23.0. The Morgan fingerprint density at radius 3 is 2.13 bits per heavy atom. The van der Waals surface area contributed by atoms with Gasteiger partial charge in [-0.25, -0.2) is 4.79 Å². The maximum Gasteiger partial charge on any atom is 0.326 e. The lowest BCUT2D eigenvalue weighted by Gasteiger charge is -2.17. The Morgan fingerprint density at radius 1 is 0.702 bits per heavy atom. The molecule has 0 aromatic heterocycles. The number of amides is 1. The van der Waals surface area contributed by atoms with Crippen molar-refractivity contribution >= 4 is 27.8 Å². The molecule has 6 nitrogen and oxygen atoms in total. The van der Waals surface area contributed by atoms with E-state index in [-0.39, 0.29) is 6.42 Å². The number of carbonyl (C=O) groups excluding carboxylic acids is 1. The van der Waals surface area contributed by atoms with Crippen LogP contribution in [0.1, 0.15) is 47.2 Å². The van der Waals surface area contributed by atoms with Gasteiger partial charge in [0.15, 0.2) is 0 Å². The second-order valence-corrected chi connectivity index (χ2v) is 12.2. The third-order valence-electron chi connectivity index (χ3n) is 7.81. The number of benzene rings is 5. The van der Waals surface area contributed by atoms with Crippen molar-refractivity contribution in [2.45, 2.75) is 44.6 Å². The SMILES string of the molecule is O=C(NC(Cc1ccc(-c2ccccc2Oc2ccccc2)cc1)C(=O)O)c1cc(Br)ccc1OCCCCCCc1ccccc1. The Bertz CT molecular complexity index is 1740. The van der Waals surface area contributed by atoms with Gasteiger partial charge in [-0.3, -0.25) is 4.79 Å². The quantitative estimate of drug-likeness (QED) is 0.101. The van der Waals surface area contributed by atoms with Gasteiger partial charge in [-0.1, -0.05) is 120 Å². The molecule has 240 valence electrons. The zero-order chi connectivity index (χ0) is 32.8. The number of nitrogens with one attached hydrogen (secondary N) is 1. The molecule has 0 aliphatic carbocycles. The molecule has 0 saturated heterocycles. The van der Waals surface area contributed by atoms with E-state index in [0.29, 0.717) is 22.4 Å². The normalized spacial score (nSPS) is 11.4. The van der Waals surface area contributed by atoms with Crippen LogP contribution in [0, 0.1) is 0 Å². The monoisotopic (exact) mass is 691 g/mol. The highest BCUT2D eigenvalue weighted by molar-refractivity contribution is 9.10. The van der Waals surface area contributed by atoms with Gasteiger partial charge in [0.1, 0.15) is 23.3 Å². The Kier molecular flexibility index (Phi) is 12.2. The van der Waals surface area contributed by atoms with Crippen molar-refractivity contribution in [3.63, 3.8) is 0 Å². The largest absolute Gasteiger partial charge is 0.493 e. The van der Waals surface area contributed by atoms with E-state index in [0.717, 1.165) is 60.3 Å². The fourth-order valence-electron chi connectivity index (χ4n) is 5.32. The smallest absolute Gasteiger partial charge is 0.326 e. The summed E-state index contributed by atoms with van der Waals surface area (Å²) in [6, 6.07) is 39.5. The summed E-state index contributed by atoms with van der Waals surface area (Å²) >= 11 is 3.43. The molecule has 0 saturated carbocycles. The fourth-order valence-corrected chi connectivity index (χ4v) is 5.68. The highest BCUT2D eigenvalue weighted by atomic mass is 79.9. The van der Waals surface area contributed by atoms with Crippen LogP contribution in [0.2, 0.25) is 0 Å². The number of aryl methyl sites for hydroxylation is 1. The van der Waals surface area contributed by atoms with E-state index in [9.17, 15) is 14.7 Å². The molecule has 0 aliphatic rings. The van der Waals surface area contributed by atoms with Gasteiger partial charge in [0, 0.05) is 16.5 Å². The zero-order valence-electron chi connectivity index (χ0n) is 26.1. The molecule has 0 fully saturated rings. The molecule has 1 amide bonds. The van der Waals surface area contributed by atoms with Gasteiger partial charge < -0.3 is 19.9 Å². The summed E-state index contributed by atoms with van der Waals surface area (Å²) in [7, 11) is 0. The number of unbranched alkanes of at least 4 members (excludes halogenated alkanes) is 3. The summed E-state index contributed by atoms with van der Waals surface area (Å²) in [5.74, 6) is 0.277. The standard InChI is InChI=1S/C40H38BrNO5/c41-32-24-25-37(46-26-12-2-1-5-13-29-14-6-3-7-15-29)35(28-32)39(43)42-36(40(44)45)27-30-20-22-31(23-21-30)34-18-10-11-19-38(34)47-33-16-8-4-9-17-33/h3-4,6-11,14-25,28,36H,1-2,5,12-13,26-27H2,(H,42,43)(H,44,45). The third kappa shape index (κ3) is 10.1. The minimum absolute atomic E-state index is 0.122. The van der Waals surface area contributed by atoms with Crippen LogP contribution >= 0.6 is 15.9 Å². The van der Waals surface area contributed by atoms with Crippen LogP contribution in [0.5, 0.6) is 17.2 Å². The van der Waals surface area contributed by atoms with Gasteiger partial charge in [-0.2, -0.15) is 0 Å². The van der Waals surface area contributed by atoms with E-state index in [1.807, 2.05) is 91.0 Å². The van der Waals surface area contributed by atoms with Crippen LogP contribution in [0.15, 0.2) is 132 Å². The van der Waals surface area contributed by atoms with E-state index in [2.05, 4.69) is 45.5 Å². The summed E-state index contributed by atoms with van der Waals surface area (Å²) in [6.07, 6.45) is 5.29. The third-order valence-corrected chi connectivity index (χ3v) is 8.31. The first-order valence-electron chi connectivity index (χ1n) is 15.9. The molecule has 0 spiro atoms. The number of halogens is 1. The maximum absolute atomic E-state index is 13.4. The first kappa shape index (κ1) is 33.5. The molecule has 2 N–H and O–H groups in total. The summed E-state index contributed by atoms with van der Waals surface area (Å²) in [5.41, 5.74) is 4.27. The molecule has 5 rings (SSSR count). The van der Waals surface area contributed by atoms with Gasteiger partial charge in [0.2, 0.25) is 0 Å². The van der Waals surface area contributed by atoms with Crippen LogP contribution in [0.25, 0.3) is 11.1 Å². The molecular formula is C40H38BrNO5. The molecule has 0 aliphatic heterocycles. The van der Waals surface area contributed by atoms with Crippen LogP contribution in [0.4, 0.5) is 0 Å². The van der Waals surface area contributed by atoms with E-state index < -0.39 is 17.9 Å². The topological polar surface area (TPSA) is 84.9 Å². The van der Waals surface area contributed by atoms with Crippen LogP contribution < -0.4 is 14.8 Å². The first-order valence-corrected chi connectivity index (χ1v) is 16.7. The van der Waals surface area contributed by atoms with Crippen molar-refractivity contribution < 1.29 is 24.2 Å². The second kappa shape index (κ2) is 17.2. The molecule has 1 atom stereocenters. The van der Waals surface area contributed by atoms with Crippen LogP contribution in [-0.4, -0.2) is 29.6 Å². The molecule has 0 bridgehead atoms. The van der Waals surface area contributed by atoms with Crippen molar-refractivity contribution in [3.05, 3.63) is 149 Å².